The summed E-state index contributed by atoms with van der Waals surface area (Å²) in [4.78, 5) is 4.46. The highest BCUT2D eigenvalue weighted by molar-refractivity contribution is 7.99. The second-order valence-electron chi connectivity index (χ2n) is 4.80. The molecule has 3 nitrogen and oxygen atoms in total. The largest absolute Gasteiger partial charge is 0.464 e. The fraction of sp³-hybridized carbons (Fsp3) is 0.500. The van der Waals surface area contributed by atoms with E-state index >= 15 is 0 Å². The number of fused-ring (bicyclic) bond motifs is 1. The van der Waals surface area contributed by atoms with Crippen LogP contribution in [0.4, 0.5) is 5.82 Å². The molecule has 4 heteroatoms. The summed E-state index contributed by atoms with van der Waals surface area (Å²) in [5.41, 5.74) is 0.906. The van der Waals surface area contributed by atoms with Crippen molar-refractivity contribution in [3.63, 3.8) is 0 Å². The van der Waals surface area contributed by atoms with Gasteiger partial charge in [-0.2, -0.15) is 11.8 Å². The second-order valence-corrected chi connectivity index (χ2v) is 5.88. The van der Waals surface area contributed by atoms with Crippen molar-refractivity contribution in [2.24, 2.45) is 0 Å². The smallest absolute Gasteiger partial charge is 0.139 e. The second kappa shape index (κ2) is 5.22. The zero-order chi connectivity index (χ0) is 12.4. The van der Waals surface area contributed by atoms with Crippen LogP contribution in [0.2, 0.25) is 0 Å². The molecular weight excluding hydrogens is 244 g/mol. The third kappa shape index (κ3) is 2.21. The van der Waals surface area contributed by atoms with Gasteiger partial charge in [0.15, 0.2) is 0 Å². The first-order valence-corrected chi connectivity index (χ1v) is 7.79. The van der Waals surface area contributed by atoms with Crippen LogP contribution in [0.5, 0.6) is 0 Å². The fourth-order valence-corrected chi connectivity index (χ4v) is 3.66. The maximum atomic E-state index is 5.42. The number of rotatable bonds is 3. The van der Waals surface area contributed by atoms with E-state index in [0.717, 1.165) is 16.8 Å². The van der Waals surface area contributed by atoms with Crippen LogP contribution in [0, 0.1) is 0 Å². The van der Waals surface area contributed by atoms with E-state index in [2.05, 4.69) is 16.6 Å². The number of nitrogens with zero attached hydrogens (tertiary/aromatic N) is 1. The van der Waals surface area contributed by atoms with E-state index in [4.69, 9.17) is 4.42 Å². The molecule has 0 bridgehead atoms. The summed E-state index contributed by atoms with van der Waals surface area (Å²) in [5, 5.41) is 5.40. The molecule has 2 unspecified atom stereocenters. The van der Waals surface area contributed by atoms with E-state index in [0.29, 0.717) is 11.3 Å². The topological polar surface area (TPSA) is 38.1 Å². The van der Waals surface area contributed by atoms with Gasteiger partial charge in [-0.25, -0.2) is 4.98 Å². The van der Waals surface area contributed by atoms with Crippen molar-refractivity contribution in [2.45, 2.75) is 37.0 Å². The molecule has 2 aromatic heterocycles. The summed E-state index contributed by atoms with van der Waals surface area (Å²) >= 11 is 1.97. The average Bonchev–Trinajstić information content (AvgIpc) is 2.89. The summed E-state index contributed by atoms with van der Waals surface area (Å²) in [7, 11) is 0. The Morgan fingerprint density at radius 2 is 2.22 bits per heavy atom. The molecule has 1 N–H and O–H groups in total. The molecule has 2 atom stereocenters. The Bertz CT molecular complexity index is 525. The zero-order valence-corrected chi connectivity index (χ0v) is 11.4. The van der Waals surface area contributed by atoms with Gasteiger partial charge in [-0.3, -0.25) is 0 Å². The van der Waals surface area contributed by atoms with Crippen molar-refractivity contribution in [1.29, 1.82) is 0 Å². The summed E-state index contributed by atoms with van der Waals surface area (Å²) in [6.07, 6.45) is 11.0. The minimum atomic E-state index is 0.529. The van der Waals surface area contributed by atoms with Crippen LogP contribution in [0.25, 0.3) is 11.0 Å². The van der Waals surface area contributed by atoms with Crippen LogP contribution in [0.1, 0.15) is 25.7 Å². The molecule has 0 saturated heterocycles. The predicted octanol–water partition coefficient (Wildman–Crippen LogP) is 3.91. The van der Waals surface area contributed by atoms with E-state index in [9.17, 15) is 0 Å². The minimum Gasteiger partial charge on any atom is -0.464 e. The quantitative estimate of drug-likeness (QED) is 0.910. The molecule has 0 aliphatic heterocycles. The standard InChI is InChI=1S/C14H18N2OS/c1-18-13-5-3-2-4-11(13)16-14-10-7-9-17-12(10)6-8-15-14/h6-9,11,13H,2-5H2,1H3,(H,15,16). The monoisotopic (exact) mass is 262 g/mol. The lowest BCUT2D eigenvalue weighted by Gasteiger charge is -2.31. The Morgan fingerprint density at radius 3 is 3.11 bits per heavy atom. The first-order chi connectivity index (χ1) is 8.88. The number of aromatic nitrogens is 1. The number of nitrogens with one attached hydrogen (secondary N) is 1. The zero-order valence-electron chi connectivity index (χ0n) is 10.6. The molecule has 0 aromatic carbocycles. The van der Waals surface area contributed by atoms with Gasteiger partial charge in [-0.15, -0.1) is 0 Å². The Kier molecular flexibility index (Phi) is 3.46. The van der Waals surface area contributed by atoms with Crippen molar-refractivity contribution in [3.8, 4) is 0 Å². The Hall–Kier alpha value is -1.16. The lowest BCUT2D eigenvalue weighted by Crippen LogP contribution is -2.34. The molecule has 1 fully saturated rings. The summed E-state index contributed by atoms with van der Waals surface area (Å²) < 4.78 is 5.42. The van der Waals surface area contributed by atoms with Gasteiger partial charge in [0.1, 0.15) is 11.4 Å². The Morgan fingerprint density at radius 1 is 1.33 bits per heavy atom. The first kappa shape index (κ1) is 11.9. The van der Waals surface area contributed by atoms with E-state index < -0.39 is 0 Å². The van der Waals surface area contributed by atoms with Crippen molar-refractivity contribution in [3.05, 3.63) is 24.6 Å². The Balaban J connectivity index is 1.84. The lowest BCUT2D eigenvalue weighted by molar-refractivity contribution is 0.474. The number of thioether (sulfide) groups is 1. The number of anilines is 1. The van der Waals surface area contributed by atoms with Crippen molar-refractivity contribution in [1.82, 2.24) is 4.98 Å². The first-order valence-electron chi connectivity index (χ1n) is 6.50. The number of pyridine rings is 1. The SMILES string of the molecule is CSC1CCCCC1Nc1nccc2occc12. The lowest BCUT2D eigenvalue weighted by atomic mass is 9.95. The van der Waals surface area contributed by atoms with Gasteiger partial charge in [-0.05, 0) is 31.2 Å². The fourth-order valence-electron chi connectivity index (χ4n) is 2.73. The van der Waals surface area contributed by atoms with Crippen molar-refractivity contribution in [2.75, 3.05) is 11.6 Å². The molecule has 18 heavy (non-hydrogen) atoms. The minimum absolute atomic E-state index is 0.529. The highest BCUT2D eigenvalue weighted by atomic mass is 32.2. The normalized spacial score (nSPS) is 24.3. The highest BCUT2D eigenvalue weighted by Crippen LogP contribution is 2.31. The molecule has 1 saturated carbocycles. The van der Waals surface area contributed by atoms with Crippen LogP contribution < -0.4 is 5.32 Å². The van der Waals surface area contributed by atoms with Crippen LogP contribution in [0.3, 0.4) is 0 Å². The summed E-state index contributed by atoms with van der Waals surface area (Å²) in [6.45, 7) is 0. The van der Waals surface area contributed by atoms with Crippen molar-refractivity contribution >= 4 is 28.5 Å². The summed E-state index contributed by atoms with van der Waals surface area (Å²) in [5.74, 6) is 0.965. The molecular formula is C14H18N2OS. The maximum Gasteiger partial charge on any atom is 0.139 e. The van der Waals surface area contributed by atoms with Crippen LogP contribution >= 0.6 is 11.8 Å². The molecule has 0 spiro atoms. The molecule has 96 valence electrons. The van der Waals surface area contributed by atoms with E-state index in [1.165, 1.54) is 25.7 Å². The van der Waals surface area contributed by atoms with E-state index in [1.54, 1.807) is 6.26 Å². The predicted molar refractivity (Wildman–Crippen MR) is 77.2 cm³/mol. The molecule has 0 amide bonds. The molecule has 1 aliphatic carbocycles. The van der Waals surface area contributed by atoms with E-state index in [-0.39, 0.29) is 0 Å². The van der Waals surface area contributed by atoms with Crippen molar-refractivity contribution < 1.29 is 4.42 Å². The highest BCUT2D eigenvalue weighted by Gasteiger charge is 2.24. The number of hydrogen-bond acceptors (Lipinski definition) is 4. The average molecular weight is 262 g/mol. The summed E-state index contributed by atoms with van der Waals surface area (Å²) in [6, 6.07) is 4.43. The van der Waals surface area contributed by atoms with Crippen LogP contribution in [-0.2, 0) is 0 Å². The number of furan rings is 1. The molecule has 2 heterocycles. The van der Waals surface area contributed by atoms with Crippen LogP contribution in [0.15, 0.2) is 29.0 Å². The molecule has 2 aromatic rings. The maximum absolute atomic E-state index is 5.42. The number of hydrogen-bond donors (Lipinski definition) is 1. The van der Waals surface area contributed by atoms with Gasteiger partial charge in [0.05, 0.1) is 11.6 Å². The Labute approximate surface area is 111 Å². The van der Waals surface area contributed by atoms with Gasteiger partial charge in [0.2, 0.25) is 0 Å². The molecule has 3 rings (SSSR count). The van der Waals surface area contributed by atoms with E-state index in [1.807, 2.05) is 30.1 Å². The van der Waals surface area contributed by atoms with Gasteiger partial charge < -0.3 is 9.73 Å². The van der Waals surface area contributed by atoms with Gasteiger partial charge in [0.25, 0.3) is 0 Å². The third-order valence-corrected chi connectivity index (χ3v) is 4.88. The molecule has 0 radical (unpaired) electrons. The third-order valence-electron chi connectivity index (χ3n) is 3.71. The molecule has 1 aliphatic rings. The van der Waals surface area contributed by atoms with Gasteiger partial charge >= 0.3 is 0 Å². The van der Waals surface area contributed by atoms with Gasteiger partial charge in [-0.1, -0.05) is 12.8 Å². The van der Waals surface area contributed by atoms with Gasteiger partial charge in [0, 0.05) is 17.5 Å². The van der Waals surface area contributed by atoms with Crippen LogP contribution in [-0.4, -0.2) is 22.5 Å².